The van der Waals surface area contributed by atoms with Crippen LogP contribution in [0.2, 0.25) is 0 Å². The SMILES string of the molecule is CCOC(=O)c1c(NC(=O)COC(=O)C(CC)c2ccccc2)sc(CC)c1C. The van der Waals surface area contributed by atoms with Gasteiger partial charge in [0.2, 0.25) is 0 Å². The molecule has 7 heteroatoms. The van der Waals surface area contributed by atoms with Crippen LogP contribution in [0.5, 0.6) is 0 Å². The van der Waals surface area contributed by atoms with Gasteiger partial charge in [-0.05, 0) is 37.8 Å². The Hall–Kier alpha value is -2.67. The number of esters is 2. The second-order valence-electron chi connectivity index (χ2n) is 6.46. The number of rotatable bonds is 9. The summed E-state index contributed by atoms with van der Waals surface area (Å²) in [7, 11) is 0. The third kappa shape index (κ3) is 5.67. The molecule has 1 aromatic carbocycles. The number of carbonyl (C=O) groups excluding carboxylic acids is 3. The van der Waals surface area contributed by atoms with E-state index in [0.717, 1.165) is 22.4 Å². The molecule has 0 radical (unpaired) electrons. The van der Waals surface area contributed by atoms with E-state index in [1.807, 2.05) is 51.1 Å². The van der Waals surface area contributed by atoms with Crippen LogP contribution in [0.25, 0.3) is 0 Å². The van der Waals surface area contributed by atoms with E-state index >= 15 is 0 Å². The van der Waals surface area contributed by atoms with Gasteiger partial charge in [0.15, 0.2) is 6.61 Å². The average Bonchev–Trinajstić information content (AvgIpc) is 3.03. The lowest BCUT2D eigenvalue weighted by molar-refractivity contribution is -0.149. The monoisotopic (exact) mass is 417 g/mol. The van der Waals surface area contributed by atoms with E-state index < -0.39 is 30.4 Å². The summed E-state index contributed by atoms with van der Waals surface area (Å²) in [5, 5.41) is 3.12. The fourth-order valence-corrected chi connectivity index (χ4v) is 4.21. The molecule has 1 aromatic heterocycles. The molecular weight excluding hydrogens is 390 g/mol. The molecule has 0 aliphatic rings. The van der Waals surface area contributed by atoms with Gasteiger partial charge < -0.3 is 14.8 Å². The van der Waals surface area contributed by atoms with Crippen molar-refractivity contribution < 1.29 is 23.9 Å². The first-order valence-electron chi connectivity index (χ1n) is 9.73. The lowest BCUT2D eigenvalue weighted by atomic mass is 9.97. The predicted molar refractivity (Wildman–Crippen MR) is 113 cm³/mol. The Morgan fingerprint density at radius 2 is 1.76 bits per heavy atom. The second kappa shape index (κ2) is 10.8. The molecule has 1 N–H and O–H groups in total. The topological polar surface area (TPSA) is 81.7 Å². The van der Waals surface area contributed by atoms with Gasteiger partial charge in [-0.1, -0.05) is 44.2 Å². The highest BCUT2D eigenvalue weighted by Gasteiger charge is 2.24. The van der Waals surface area contributed by atoms with Crippen LogP contribution in [0.15, 0.2) is 30.3 Å². The van der Waals surface area contributed by atoms with Crippen LogP contribution < -0.4 is 5.32 Å². The molecule has 0 saturated heterocycles. The van der Waals surface area contributed by atoms with E-state index in [1.165, 1.54) is 11.3 Å². The summed E-state index contributed by atoms with van der Waals surface area (Å²) < 4.78 is 10.3. The Labute approximate surface area is 175 Å². The van der Waals surface area contributed by atoms with Crippen LogP contribution in [0.3, 0.4) is 0 Å². The standard InChI is InChI=1S/C22H27NO5S/c1-5-16(15-11-9-8-10-12-15)21(25)28-13-18(24)23-20-19(22(26)27-7-3)14(4)17(6-2)29-20/h8-12,16H,5-7,13H2,1-4H3,(H,23,24). The van der Waals surface area contributed by atoms with Crippen molar-refractivity contribution in [3.05, 3.63) is 51.9 Å². The molecule has 1 amide bonds. The van der Waals surface area contributed by atoms with Crippen molar-refractivity contribution in [2.45, 2.75) is 46.5 Å². The van der Waals surface area contributed by atoms with E-state index in [9.17, 15) is 14.4 Å². The molecule has 2 rings (SSSR count). The Morgan fingerprint density at radius 1 is 1.07 bits per heavy atom. The van der Waals surface area contributed by atoms with Crippen molar-refractivity contribution in [2.75, 3.05) is 18.5 Å². The van der Waals surface area contributed by atoms with Crippen molar-refractivity contribution in [1.29, 1.82) is 0 Å². The highest BCUT2D eigenvalue weighted by Crippen LogP contribution is 2.34. The fourth-order valence-electron chi connectivity index (χ4n) is 3.06. The van der Waals surface area contributed by atoms with Gasteiger partial charge in [-0.15, -0.1) is 11.3 Å². The number of aryl methyl sites for hydroxylation is 1. The van der Waals surface area contributed by atoms with E-state index in [1.54, 1.807) is 6.92 Å². The molecule has 156 valence electrons. The molecule has 0 spiro atoms. The van der Waals surface area contributed by atoms with E-state index in [0.29, 0.717) is 17.0 Å². The molecule has 1 heterocycles. The number of hydrogen-bond acceptors (Lipinski definition) is 6. The maximum atomic E-state index is 12.4. The molecule has 0 aliphatic heterocycles. The maximum absolute atomic E-state index is 12.4. The van der Waals surface area contributed by atoms with E-state index in [4.69, 9.17) is 9.47 Å². The molecule has 1 atom stereocenters. The summed E-state index contributed by atoms with van der Waals surface area (Å²) >= 11 is 1.34. The third-order valence-corrected chi connectivity index (χ3v) is 5.89. The van der Waals surface area contributed by atoms with Gasteiger partial charge >= 0.3 is 11.9 Å². The Balaban J connectivity index is 2.05. The van der Waals surface area contributed by atoms with Crippen molar-refractivity contribution in [2.24, 2.45) is 0 Å². The number of carbonyl (C=O) groups is 3. The molecule has 0 bridgehead atoms. The zero-order valence-electron chi connectivity index (χ0n) is 17.2. The van der Waals surface area contributed by atoms with Crippen LogP contribution in [0.4, 0.5) is 5.00 Å². The van der Waals surface area contributed by atoms with E-state index in [2.05, 4.69) is 5.32 Å². The van der Waals surface area contributed by atoms with E-state index in [-0.39, 0.29) is 6.61 Å². The minimum atomic E-state index is -0.490. The maximum Gasteiger partial charge on any atom is 0.341 e. The number of nitrogens with one attached hydrogen (secondary N) is 1. The quantitative estimate of drug-likeness (QED) is 0.609. The Kier molecular flexibility index (Phi) is 8.39. The number of hydrogen-bond donors (Lipinski definition) is 1. The predicted octanol–water partition coefficient (Wildman–Crippen LogP) is 4.47. The van der Waals surface area contributed by atoms with Gasteiger partial charge in [0.05, 0.1) is 18.1 Å². The summed E-state index contributed by atoms with van der Waals surface area (Å²) in [4.78, 5) is 38.1. The van der Waals surface area contributed by atoms with Crippen LogP contribution in [-0.4, -0.2) is 31.1 Å². The molecule has 0 fully saturated rings. The first kappa shape index (κ1) is 22.6. The lowest BCUT2D eigenvalue weighted by Crippen LogP contribution is -2.24. The molecule has 2 aromatic rings. The van der Waals surface area contributed by atoms with Gasteiger partial charge in [0.1, 0.15) is 5.00 Å². The minimum Gasteiger partial charge on any atom is -0.462 e. The number of amides is 1. The van der Waals surface area contributed by atoms with Crippen molar-refractivity contribution in [3.8, 4) is 0 Å². The molecule has 6 nitrogen and oxygen atoms in total. The smallest absolute Gasteiger partial charge is 0.341 e. The highest BCUT2D eigenvalue weighted by molar-refractivity contribution is 7.17. The van der Waals surface area contributed by atoms with Gasteiger partial charge in [-0.2, -0.15) is 0 Å². The summed E-state index contributed by atoms with van der Waals surface area (Å²) in [5.74, 6) is -1.83. The normalized spacial score (nSPS) is 11.6. The van der Waals surface area contributed by atoms with Crippen molar-refractivity contribution >= 4 is 34.2 Å². The van der Waals surface area contributed by atoms with Gasteiger partial charge in [-0.25, -0.2) is 4.79 Å². The Morgan fingerprint density at radius 3 is 2.34 bits per heavy atom. The van der Waals surface area contributed by atoms with Crippen LogP contribution in [0.1, 0.15) is 59.5 Å². The summed E-state index contributed by atoms with van der Waals surface area (Å²) in [6.07, 6.45) is 1.31. The minimum absolute atomic E-state index is 0.248. The summed E-state index contributed by atoms with van der Waals surface area (Å²) in [5.41, 5.74) is 2.02. The molecule has 0 aliphatic carbocycles. The van der Waals surface area contributed by atoms with Gasteiger partial charge in [-0.3, -0.25) is 9.59 Å². The number of anilines is 1. The zero-order chi connectivity index (χ0) is 21.4. The zero-order valence-corrected chi connectivity index (χ0v) is 18.1. The summed E-state index contributed by atoms with van der Waals surface area (Å²) in [6.45, 7) is 7.28. The average molecular weight is 418 g/mol. The molecular formula is C22H27NO5S. The fraction of sp³-hybridized carbons (Fsp3) is 0.409. The number of ether oxygens (including phenoxy) is 2. The number of benzene rings is 1. The van der Waals surface area contributed by atoms with Crippen LogP contribution in [0, 0.1) is 6.92 Å². The highest BCUT2D eigenvalue weighted by atomic mass is 32.1. The molecule has 0 saturated carbocycles. The largest absolute Gasteiger partial charge is 0.462 e. The number of thiophene rings is 1. The molecule has 1 unspecified atom stereocenters. The molecule has 29 heavy (non-hydrogen) atoms. The lowest BCUT2D eigenvalue weighted by Gasteiger charge is -2.14. The van der Waals surface area contributed by atoms with Crippen LogP contribution >= 0.6 is 11.3 Å². The first-order valence-corrected chi connectivity index (χ1v) is 10.5. The first-order chi connectivity index (χ1) is 13.9. The van der Waals surface area contributed by atoms with Crippen molar-refractivity contribution in [3.63, 3.8) is 0 Å². The van der Waals surface area contributed by atoms with Gasteiger partial charge in [0, 0.05) is 4.88 Å². The third-order valence-electron chi connectivity index (χ3n) is 4.54. The van der Waals surface area contributed by atoms with Crippen molar-refractivity contribution in [1.82, 2.24) is 0 Å². The summed E-state index contributed by atoms with van der Waals surface area (Å²) in [6, 6.07) is 9.33. The van der Waals surface area contributed by atoms with Gasteiger partial charge in [0.25, 0.3) is 5.91 Å². The Bertz CT molecular complexity index is 860. The second-order valence-corrected chi connectivity index (χ2v) is 7.56. The van der Waals surface area contributed by atoms with Crippen LogP contribution in [-0.2, 0) is 25.5 Å².